The molecule has 7 heteroatoms. The average molecular weight is 327 g/mol. The number of fused-ring (bicyclic) bond motifs is 1. The smallest absolute Gasteiger partial charge is 0.131 e. The molecule has 0 amide bonds. The van der Waals surface area contributed by atoms with Crippen LogP contribution in [-0.2, 0) is 6.42 Å². The Morgan fingerprint density at radius 2 is 2.33 bits per heavy atom. The van der Waals surface area contributed by atoms with Gasteiger partial charge in [-0.1, -0.05) is 11.2 Å². The van der Waals surface area contributed by atoms with E-state index in [0.29, 0.717) is 17.7 Å². The van der Waals surface area contributed by atoms with Gasteiger partial charge in [-0.3, -0.25) is 4.98 Å². The molecular weight excluding hydrogens is 309 g/mol. The molecule has 124 valence electrons. The summed E-state index contributed by atoms with van der Waals surface area (Å²) in [5.74, 6) is 0.238. The van der Waals surface area contributed by atoms with Gasteiger partial charge in [0.05, 0.1) is 18.3 Å². The molecule has 2 aromatic rings. The van der Waals surface area contributed by atoms with E-state index < -0.39 is 5.60 Å². The first-order valence-corrected chi connectivity index (χ1v) is 7.70. The molecule has 1 aliphatic rings. The van der Waals surface area contributed by atoms with Crippen molar-refractivity contribution in [2.45, 2.75) is 31.9 Å². The second kappa shape index (κ2) is 6.37. The van der Waals surface area contributed by atoms with Crippen LogP contribution in [0.5, 0.6) is 5.75 Å². The van der Waals surface area contributed by atoms with Gasteiger partial charge in [-0.2, -0.15) is 0 Å². The number of azide groups is 1. The first-order chi connectivity index (χ1) is 11.5. The predicted molar refractivity (Wildman–Crippen MR) is 89.4 cm³/mol. The van der Waals surface area contributed by atoms with Crippen molar-refractivity contribution in [3.63, 3.8) is 0 Å². The quantitative estimate of drug-likeness (QED) is 0.502. The lowest BCUT2D eigenvalue weighted by molar-refractivity contribution is 0.124. The van der Waals surface area contributed by atoms with E-state index >= 15 is 0 Å². The molecule has 0 saturated heterocycles. The minimum atomic E-state index is -0.723. The van der Waals surface area contributed by atoms with Crippen molar-refractivity contribution in [3.05, 3.63) is 64.0 Å². The van der Waals surface area contributed by atoms with Crippen LogP contribution in [0.15, 0.2) is 41.8 Å². The van der Waals surface area contributed by atoms with Crippen molar-refractivity contribution in [2.75, 3.05) is 11.9 Å². The number of pyridine rings is 1. The molecule has 1 aromatic carbocycles. The topological polar surface area (TPSA) is 82.9 Å². The highest BCUT2D eigenvalue weighted by Crippen LogP contribution is 2.42. The van der Waals surface area contributed by atoms with E-state index in [9.17, 15) is 4.39 Å². The second-order valence-electron chi connectivity index (χ2n) is 6.17. The Kier molecular flexibility index (Phi) is 4.27. The van der Waals surface area contributed by atoms with E-state index in [0.717, 1.165) is 11.3 Å². The summed E-state index contributed by atoms with van der Waals surface area (Å²) in [6, 6.07) is 6.85. The maximum atomic E-state index is 14.2. The number of hydrogen-bond donors (Lipinski definition) is 1. The van der Waals surface area contributed by atoms with Crippen LogP contribution < -0.4 is 10.1 Å². The van der Waals surface area contributed by atoms with Crippen LogP contribution in [0.25, 0.3) is 10.4 Å². The number of halogens is 1. The summed E-state index contributed by atoms with van der Waals surface area (Å²) in [6.45, 7) is 3.96. The third kappa shape index (κ3) is 3.12. The zero-order valence-electron chi connectivity index (χ0n) is 13.5. The number of ether oxygens (including phenoxy) is 1. The van der Waals surface area contributed by atoms with Gasteiger partial charge in [0.25, 0.3) is 0 Å². The number of benzene rings is 1. The Hall–Kier alpha value is -2.79. The fourth-order valence-electron chi connectivity index (χ4n) is 2.95. The van der Waals surface area contributed by atoms with E-state index in [2.05, 4.69) is 20.3 Å². The Balaban J connectivity index is 1.90. The van der Waals surface area contributed by atoms with Gasteiger partial charge in [-0.05, 0) is 37.6 Å². The Morgan fingerprint density at radius 1 is 1.50 bits per heavy atom. The van der Waals surface area contributed by atoms with Crippen LogP contribution in [-0.4, -0.2) is 17.1 Å². The summed E-state index contributed by atoms with van der Waals surface area (Å²) in [7, 11) is 0. The van der Waals surface area contributed by atoms with Crippen molar-refractivity contribution in [1.29, 1.82) is 0 Å². The Bertz CT molecular complexity index is 791. The fourth-order valence-corrected chi connectivity index (χ4v) is 2.95. The lowest BCUT2D eigenvalue weighted by Crippen LogP contribution is -2.33. The van der Waals surface area contributed by atoms with Gasteiger partial charge in [-0.25, -0.2) is 4.39 Å². The standard InChI is InChI=1S/C17H18FN5O/c1-11(22-12-4-3-7-20-9-12)13-5-6-15(18)14-8-17(2,10-21-23-19)24-16(13)14/h3-7,9,11,22H,8,10H2,1-2H3. The number of aromatic nitrogens is 1. The van der Waals surface area contributed by atoms with Gasteiger partial charge in [0, 0.05) is 34.9 Å². The molecule has 0 spiro atoms. The van der Waals surface area contributed by atoms with E-state index in [4.69, 9.17) is 10.3 Å². The van der Waals surface area contributed by atoms with Crippen LogP contribution >= 0.6 is 0 Å². The van der Waals surface area contributed by atoms with E-state index in [1.165, 1.54) is 6.07 Å². The average Bonchev–Trinajstić information content (AvgIpc) is 2.93. The first-order valence-electron chi connectivity index (χ1n) is 7.70. The van der Waals surface area contributed by atoms with Crippen molar-refractivity contribution >= 4 is 5.69 Å². The van der Waals surface area contributed by atoms with Crippen LogP contribution in [0.1, 0.15) is 31.0 Å². The van der Waals surface area contributed by atoms with Gasteiger partial charge < -0.3 is 10.1 Å². The lowest BCUT2D eigenvalue weighted by Gasteiger charge is -2.23. The molecule has 24 heavy (non-hydrogen) atoms. The number of rotatable bonds is 5. The third-order valence-electron chi connectivity index (χ3n) is 4.11. The molecule has 1 aliphatic heterocycles. The molecule has 3 rings (SSSR count). The van der Waals surface area contributed by atoms with Gasteiger partial charge in [-0.15, -0.1) is 0 Å². The molecule has 0 bridgehead atoms. The molecular formula is C17H18FN5O. The molecule has 1 N–H and O–H groups in total. The predicted octanol–water partition coefficient (Wildman–Crippen LogP) is 4.40. The zero-order valence-corrected chi connectivity index (χ0v) is 13.5. The maximum Gasteiger partial charge on any atom is 0.131 e. The summed E-state index contributed by atoms with van der Waals surface area (Å²) in [4.78, 5) is 6.85. The lowest BCUT2D eigenvalue weighted by atomic mass is 9.97. The second-order valence-corrected chi connectivity index (χ2v) is 6.17. The largest absolute Gasteiger partial charge is 0.486 e. The number of nitrogens with zero attached hydrogens (tertiary/aromatic N) is 4. The monoisotopic (exact) mass is 327 g/mol. The summed E-state index contributed by atoms with van der Waals surface area (Å²) in [6.07, 6.45) is 3.81. The third-order valence-corrected chi connectivity index (χ3v) is 4.11. The van der Waals surface area contributed by atoms with Gasteiger partial charge in [0.1, 0.15) is 17.2 Å². The summed E-state index contributed by atoms with van der Waals surface area (Å²) in [5, 5.41) is 6.92. The minimum Gasteiger partial charge on any atom is -0.486 e. The summed E-state index contributed by atoms with van der Waals surface area (Å²) < 4.78 is 20.2. The number of hydrogen-bond acceptors (Lipinski definition) is 4. The van der Waals surface area contributed by atoms with Gasteiger partial charge >= 0.3 is 0 Å². The maximum absolute atomic E-state index is 14.2. The Labute approximate surface area is 139 Å². The highest BCUT2D eigenvalue weighted by Gasteiger charge is 2.38. The number of anilines is 1. The van der Waals surface area contributed by atoms with Crippen LogP contribution in [0, 0.1) is 5.82 Å². The molecule has 2 heterocycles. The van der Waals surface area contributed by atoms with Crippen LogP contribution in [0.3, 0.4) is 0 Å². The van der Waals surface area contributed by atoms with Crippen molar-refractivity contribution in [2.24, 2.45) is 5.11 Å². The van der Waals surface area contributed by atoms with E-state index in [-0.39, 0.29) is 18.4 Å². The van der Waals surface area contributed by atoms with Crippen LogP contribution in [0.4, 0.5) is 10.1 Å². The minimum absolute atomic E-state index is 0.0923. The van der Waals surface area contributed by atoms with Crippen molar-refractivity contribution < 1.29 is 9.13 Å². The first kappa shape index (κ1) is 16.1. The molecule has 0 radical (unpaired) electrons. The van der Waals surface area contributed by atoms with E-state index in [1.807, 2.05) is 26.0 Å². The summed E-state index contributed by atoms with van der Waals surface area (Å²) >= 11 is 0. The number of nitrogens with one attached hydrogen (secondary N) is 1. The normalized spacial score (nSPS) is 19.8. The molecule has 0 fully saturated rings. The molecule has 2 unspecified atom stereocenters. The molecule has 6 nitrogen and oxygen atoms in total. The molecule has 2 atom stereocenters. The highest BCUT2D eigenvalue weighted by atomic mass is 19.1. The summed E-state index contributed by atoms with van der Waals surface area (Å²) in [5.41, 5.74) is 10.1. The molecule has 1 aromatic heterocycles. The molecule has 0 aliphatic carbocycles. The highest BCUT2D eigenvalue weighted by molar-refractivity contribution is 5.51. The zero-order chi connectivity index (χ0) is 17.2. The molecule has 0 saturated carbocycles. The van der Waals surface area contributed by atoms with Gasteiger partial charge in [0.15, 0.2) is 0 Å². The van der Waals surface area contributed by atoms with Crippen molar-refractivity contribution in [1.82, 2.24) is 4.98 Å². The van der Waals surface area contributed by atoms with Crippen LogP contribution in [0.2, 0.25) is 0 Å². The van der Waals surface area contributed by atoms with E-state index in [1.54, 1.807) is 18.5 Å². The Morgan fingerprint density at radius 3 is 3.04 bits per heavy atom. The van der Waals surface area contributed by atoms with Gasteiger partial charge in [0.2, 0.25) is 0 Å². The fraction of sp³-hybridized carbons (Fsp3) is 0.353. The SMILES string of the molecule is CC(Nc1cccnc1)c1ccc(F)c2c1OC(C)(CN=[N+]=[N-])C2. The van der Waals surface area contributed by atoms with Crippen molar-refractivity contribution in [3.8, 4) is 5.75 Å².